The summed E-state index contributed by atoms with van der Waals surface area (Å²) in [5, 5.41) is 0. The van der Waals surface area contributed by atoms with E-state index in [1.165, 1.54) is 14.0 Å². The number of ketones is 1. The van der Waals surface area contributed by atoms with Crippen molar-refractivity contribution in [3.8, 4) is 0 Å². The summed E-state index contributed by atoms with van der Waals surface area (Å²) < 4.78 is 4.97. The number of Topliss-reactive ketones (excluding diaryl/α,β-unsaturated/α-hetero) is 1. The molecule has 0 fully saturated rings. The lowest BCUT2D eigenvalue weighted by Gasteiger charge is -1.90. The lowest BCUT2D eigenvalue weighted by atomic mass is 10.3. The van der Waals surface area contributed by atoms with Gasteiger partial charge in [-0.05, 0) is 13.8 Å². The van der Waals surface area contributed by atoms with Crippen LogP contribution in [0.15, 0.2) is 0 Å². The second-order valence-electron chi connectivity index (χ2n) is 1.97. The van der Waals surface area contributed by atoms with Crippen LogP contribution < -0.4 is 0 Å². The maximum absolute atomic E-state index is 10.2. The van der Waals surface area contributed by atoms with Crippen molar-refractivity contribution < 1.29 is 14.3 Å². The average molecular weight is 398 g/mol. The number of alkyl halides is 2. The van der Waals surface area contributed by atoms with Crippen LogP contribution in [0.1, 0.15) is 20.3 Å². The quantitative estimate of drug-likeness (QED) is 0.311. The van der Waals surface area contributed by atoms with Crippen LogP contribution in [-0.4, -0.2) is 20.8 Å². The fourth-order valence-corrected chi connectivity index (χ4v) is 0.275. The molecule has 12 heavy (non-hydrogen) atoms. The van der Waals surface area contributed by atoms with Gasteiger partial charge in [0.15, 0.2) is 0 Å². The van der Waals surface area contributed by atoms with Gasteiger partial charge < -0.3 is 4.74 Å². The average Bonchev–Trinajstić information content (AvgIpc) is 1.84. The van der Waals surface area contributed by atoms with Crippen LogP contribution >= 0.6 is 45.2 Å². The molecule has 0 aliphatic heterocycles. The predicted octanol–water partition coefficient (Wildman–Crippen LogP) is 2.34. The van der Waals surface area contributed by atoms with Gasteiger partial charge in [0.25, 0.3) is 0 Å². The van der Waals surface area contributed by atoms with Crippen molar-refractivity contribution in [2.75, 3.05) is 7.11 Å². The highest BCUT2D eigenvalue weighted by molar-refractivity contribution is 14.2. The molecule has 0 rings (SSSR count). The molecule has 0 heterocycles. The monoisotopic (exact) mass is 398 g/mol. The Labute approximate surface area is 99.9 Å². The summed E-state index contributed by atoms with van der Waals surface area (Å²) in [6, 6.07) is 0. The van der Waals surface area contributed by atoms with Gasteiger partial charge in [-0.15, -0.1) is 0 Å². The van der Waals surface area contributed by atoms with Crippen molar-refractivity contribution in [3.05, 3.63) is 0 Å². The molecule has 0 amide bonds. The second kappa shape index (κ2) is 9.69. The zero-order valence-corrected chi connectivity index (χ0v) is 11.6. The molecule has 5 heteroatoms. The third kappa shape index (κ3) is 22.4. The number of carbonyl (C=O) groups excluding carboxylic acids is 2. The van der Waals surface area contributed by atoms with Crippen molar-refractivity contribution >= 4 is 56.9 Å². The summed E-state index contributed by atoms with van der Waals surface area (Å²) in [6.45, 7) is 3.48. The number of methoxy groups -OCH3 is 1. The van der Waals surface area contributed by atoms with Crippen molar-refractivity contribution in [2.24, 2.45) is 0 Å². The van der Waals surface area contributed by atoms with Crippen LogP contribution in [0.2, 0.25) is 0 Å². The van der Waals surface area contributed by atoms with E-state index in [1.807, 2.05) is 0 Å². The standard InChI is InChI=1S/C5H8O3.C2H4I2/c1-4(6)3-5(7)8-2;1-2(3)4/h3H2,1-2H3;2H,1H3. The summed E-state index contributed by atoms with van der Waals surface area (Å²) >= 11 is 4.66. The normalized spacial score (nSPS) is 8.50. The molecule has 72 valence electrons. The third-order valence-corrected chi connectivity index (χ3v) is 0.621. The molecular weight excluding hydrogens is 386 g/mol. The third-order valence-electron chi connectivity index (χ3n) is 0.621. The molecule has 0 saturated heterocycles. The fraction of sp³-hybridized carbons (Fsp3) is 0.714. The molecule has 0 N–H and O–H groups in total. The van der Waals surface area contributed by atoms with Gasteiger partial charge >= 0.3 is 5.97 Å². The Morgan fingerprint density at radius 1 is 1.42 bits per heavy atom. The first-order valence-electron chi connectivity index (χ1n) is 3.24. The largest absolute Gasteiger partial charge is 0.469 e. The second-order valence-corrected chi connectivity index (χ2v) is 8.09. The lowest BCUT2D eigenvalue weighted by Crippen LogP contribution is -2.05. The van der Waals surface area contributed by atoms with Gasteiger partial charge in [0.2, 0.25) is 0 Å². The molecule has 0 atom stereocenters. The number of carbonyl (C=O) groups is 2. The van der Waals surface area contributed by atoms with E-state index in [0.29, 0.717) is 0 Å². The van der Waals surface area contributed by atoms with Gasteiger partial charge in [0.05, 0.1) is 9.04 Å². The van der Waals surface area contributed by atoms with E-state index >= 15 is 0 Å². The SMILES string of the molecule is CC(I)I.COC(=O)CC(C)=O. The van der Waals surface area contributed by atoms with Gasteiger partial charge in [0, 0.05) is 0 Å². The number of esters is 1. The van der Waals surface area contributed by atoms with Gasteiger partial charge in [0.1, 0.15) is 12.2 Å². The number of hydrogen-bond donors (Lipinski definition) is 0. The van der Waals surface area contributed by atoms with E-state index < -0.39 is 5.97 Å². The Morgan fingerprint density at radius 3 is 1.83 bits per heavy atom. The first-order chi connectivity index (χ1) is 5.40. The number of ether oxygens (including phenoxy) is 1. The van der Waals surface area contributed by atoms with E-state index in [4.69, 9.17) is 0 Å². The highest BCUT2D eigenvalue weighted by Crippen LogP contribution is 2.05. The van der Waals surface area contributed by atoms with E-state index in [-0.39, 0.29) is 12.2 Å². The Hall–Kier alpha value is 0.600. The number of hydrogen-bond acceptors (Lipinski definition) is 3. The summed E-state index contributed by atoms with van der Waals surface area (Å²) in [4.78, 5) is 20.3. The summed E-state index contributed by atoms with van der Waals surface area (Å²) in [5.41, 5.74) is 0. The number of halogens is 2. The molecule has 3 nitrogen and oxygen atoms in total. The van der Waals surface area contributed by atoms with Crippen LogP contribution in [-0.2, 0) is 14.3 Å². The van der Waals surface area contributed by atoms with Crippen LogP contribution in [0.25, 0.3) is 0 Å². The Balaban J connectivity index is 0. The Bertz CT molecular complexity index is 143. The summed E-state index contributed by atoms with van der Waals surface area (Å²) in [5.74, 6) is -0.644. The van der Waals surface area contributed by atoms with E-state index in [0.717, 1.165) is 1.93 Å². The van der Waals surface area contributed by atoms with Crippen molar-refractivity contribution in [1.29, 1.82) is 0 Å². The minimum Gasteiger partial charge on any atom is -0.469 e. The Morgan fingerprint density at radius 2 is 1.75 bits per heavy atom. The maximum Gasteiger partial charge on any atom is 0.313 e. The molecule has 0 bridgehead atoms. The molecule has 0 aromatic rings. The van der Waals surface area contributed by atoms with Crippen LogP contribution in [0.4, 0.5) is 0 Å². The van der Waals surface area contributed by atoms with Crippen LogP contribution in [0.5, 0.6) is 0 Å². The van der Waals surface area contributed by atoms with E-state index in [1.54, 1.807) is 0 Å². The molecule has 0 unspecified atom stereocenters. The van der Waals surface area contributed by atoms with Crippen LogP contribution in [0.3, 0.4) is 0 Å². The Kier molecular flexibility index (Phi) is 12.2. The number of rotatable bonds is 2. The maximum atomic E-state index is 10.2. The van der Waals surface area contributed by atoms with Gasteiger partial charge in [-0.2, -0.15) is 0 Å². The van der Waals surface area contributed by atoms with Crippen LogP contribution in [0, 0.1) is 0 Å². The highest BCUT2D eigenvalue weighted by Gasteiger charge is 2.01. The van der Waals surface area contributed by atoms with Gasteiger partial charge in [-0.3, -0.25) is 9.59 Å². The van der Waals surface area contributed by atoms with Crippen molar-refractivity contribution in [2.45, 2.75) is 22.2 Å². The molecular formula is C7H12I2O3. The van der Waals surface area contributed by atoms with Crippen molar-refractivity contribution in [3.63, 3.8) is 0 Å². The van der Waals surface area contributed by atoms with Gasteiger partial charge in [-0.25, -0.2) is 0 Å². The van der Waals surface area contributed by atoms with E-state index in [9.17, 15) is 9.59 Å². The lowest BCUT2D eigenvalue weighted by molar-refractivity contribution is -0.142. The summed E-state index contributed by atoms with van der Waals surface area (Å²) in [7, 11) is 1.26. The van der Waals surface area contributed by atoms with Gasteiger partial charge in [-0.1, -0.05) is 45.2 Å². The molecule has 0 aromatic heterocycles. The topological polar surface area (TPSA) is 43.4 Å². The summed E-state index contributed by atoms with van der Waals surface area (Å²) in [6.07, 6.45) is -0.115. The zero-order valence-electron chi connectivity index (χ0n) is 7.27. The molecule has 0 aromatic carbocycles. The molecule has 0 spiro atoms. The smallest absolute Gasteiger partial charge is 0.313 e. The first-order valence-corrected chi connectivity index (χ1v) is 5.73. The molecule has 0 radical (unpaired) electrons. The predicted molar refractivity (Wildman–Crippen MR) is 64.8 cm³/mol. The minimum atomic E-state index is -0.475. The van der Waals surface area contributed by atoms with E-state index in [2.05, 4.69) is 56.8 Å². The highest BCUT2D eigenvalue weighted by atomic mass is 127. The zero-order chi connectivity index (χ0) is 10.1. The fourth-order valence-electron chi connectivity index (χ4n) is 0.275. The molecule has 0 aliphatic carbocycles. The molecule has 0 saturated carbocycles. The molecule has 0 aliphatic rings. The van der Waals surface area contributed by atoms with Crippen molar-refractivity contribution in [1.82, 2.24) is 0 Å². The minimum absolute atomic E-state index is 0.115. The first kappa shape index (κ1) is 15.1.